The summed E-state index contributed by atoms with van der Waals surface area (Å²) in [5.74, 6) is 1.18. The maximum absolute atomic E-state index is 5.36. The zero-order valence-electron chi connectivity index (χ0n) is 14.1. The topological polar surface area (TPSA) is 63.8 Å². The number of benzene rings is 2. The number of nitrogens with zero attached hydrogens (tertiary/aromatic N) is 3. The minimum Gasteiger partial charge on any atom is -0.376 e. The predicted octanol–water partition coefficient (Wildman–Crippen LogP) is 4.83. The smallest absolute Gasteiger partial charge is 0.246 e. The minimum atomic E-state index is 0.489. The highest BCUT2D eigenvalue weighted by molar-refractivity contribution is 7.18. The predicted molar refractivity (Wildman–Crippen MR) is 101 cm³/mol. The van der Waals surface area contributed by atoms with Crippen molar-refractivity contribution in [3.05, 3.63) is 58.9 Å². The first kappa shape index (κ1) is 15.8. The number of hydrogen-bond donors (Lipinski definition) is 1. The molecule has 5 nitrogen and oxygen atoms in total. The van der Waals surface area contributed by atoms with E-state index in [2.05, 4.69) is 45.6 Å². The largest absolute Gasteiger partial charge is 0.376 e. The Hall–Kier alpha value is -2.73. The Balaban J connectivity index is 1.46. The third kappa shape index (κ3) is 3.39. The molecule has 6 heteroatoms. The fourth-order valence-electron chi connectivity index (χ4n) is 2.66. The molecule has 2 heterocycles. The zero-order chi connectivity index (χ0) is 17.2. The molecule has 0 saturated carbocycles. The summed E-state index contributed by atoms with van der Waals surface area (Å²) in [6.45, 7) is 4.64. The van der Waals surface area contributed by atoms with E-state index in [-0.39, 0.29) is 0 Å². The van der Waals surface area contributed by atoms with E-state index in [1.54, 1.807) is 11.3 Å². The minimum absolute atomic E-state index is 0.489. The molecule has 0 aliphatic carbocycles. The Kier molecular flexibility index (Phi) is 4.19. The normalized spacial score (nSPS) is 11.1. The van der Waals surface area contributed by atoms with E-state index in [0.717, 1.165) is 28.2 Å². The second-order valence-electron chi connectivity index (χ2n) is 5.83. The lowest BCUT2D eigenvalue weighted by Crippen LogP contribution is -1.99. The zero-order valence-corrected chi connectivity index (χ0v) is 14.9. The third-order valence-corrected chi connectivity index (χ3v) is 4.96. The maximum atomic E-state index is 5.36. The highest BCUT2D eigenvalue weighted by Gasteiger charge is 2.09. The van der Waals surface area contributed by atoms with Crippen LogP contribution < -0.4 is 5.32 Å². The molecule has 0 bridgehead atoms. The van der Waals surface area contributed by atoms with Crippen LogP contribution in [0.2, 0.25) is 0 Å². The van der Waals surface area contributed by atoms with Gasteiger partial charge >= 0.3 is 0 Å². The monoisotopic (exact) mass is 350 g/mol. The number of aryl methyl sites for hydroxylation is 2. The van der Waals surface area contributed by atoms with Crippen molar-refractivity contribution in [2.75, 3.05) is 5.32 Å². The van der Waals surface area contributed by atoms with Gasteiger partial charge in [0.05, 0.1) is 21.8 Å². The van der Waals surface area contributed by atoms with Crippen molar-refractivity contribution in [3.8, 4) is 11.4 Å². The van der Waals surface area contributed by atoms with E-state index >= 15 is 0 Å². The first-order chi connectivity index (χ1) is 12.2. The van der Waals surface area contributed by atoms with Crippen molar-refractivity contribution >= 4 is 27.2 Å². The molecule has 2 aromatic heterocycles. The molecule has 0 spiro atoms. The number of rotatable bonds is 5. The van der Waals surface area contributed by atoms with Crippen molar-refractivity contribution in [1.29, 1.82) is 0 Å². The lowest BCUT2D eigenvalue weighted by molar-refractivity contribution is 0.384. The van der Waals surface area contributed by atoms with E-state index in [9.17, 15) is 0 Å². The van der Waals surface area contributed by atoms with Crippen molar-refractivity contribution in [3.63, 3.8) is 0 Å². The highest BCUT2D eigenvalue weighted by atomic mass is 32.1. The highest BCUT2D eigenvalue weighted by Crippen LogP contribution is 2.25. The average molecular weight is 350 g/mol. The van der Waals surface area contributed by atoms with E-state index in [4.69, 9.17) is 4.52 Å². The van der Waals surface area contributed by atoms with Crippen LogP contribution in [-0.2, 0) is 13.0 Å². The molecule has 0 amide bonds. The maximum Gasteiger partial charge on any atom is 0.246 e. The molecule has 1 N–H and O–H groups in total. The van der Waals surface area contributed by atoms with Gasteiger partial charge in [-0.1, -0.05) is 36.3 Å². The van der Waals surface area contributed by atoms with Crippen molar-refractivity contribution in [2.24, 2.45) is 0 Å². The molecule has 0 unspecified atom stereocenters. The van der Waals surface area contributed by atoms with Crippen LogP contribution in [0.1, 0.15) is 23.4 Å². The van der Waals surface area contributed by atoms with Gasteiger partial charge in [-0.2, -0.15) is 4.98 Å². The Labute approximate surface area is 149 Å². The third-order valence-electron chi connectivity index (χ3n) is 4.03. The summed E-state index contributed by atoms with van der Waals surface area (Å²) in [5, 5.41) is 8.47. The Morgan fingerprint density at radius 1 is 1.08 bits per heavy atom. The number of fused-ring (bicyclic) bond motifs is 1. The van der Waals surface area contributed by atoms with Crippen molar-refractivity contribution in [1.82, 2.24) is 15.1 Å². The second-order valence-corrected chi connectivity index (χ2v) is 7.07. The van der Waals surface area contributed by atoms with Gasteiger partial charge in [0, 0.05) is 11.3 Å². The quantitative estimate of drug-likeness (QED) is 0.558. The van der Waals surface area contributed by atoms with Crippen molar-refractivity contribution in [2.45, 2.75) is 26.8 Å². The van der Waals surface area contributed by atoms with E-state index in [1.807, 2.05) is 31.2 Å². The fourth-order valence-corrected chi connectivity index (χ4v) is 3.53. The summed E-state index contributed by atoms with van der Waals surface area (Å²) in [6, 6.07) is 14.4. The van der Waals surface area contributed by atoms with Gasteiger partial charge in [-0.3, -0.25) is 0 Å². The van der Waals surface area contributed by atoms with Gasteiger partial charge in [0.15, 0.2) is 0 Å². The average Bonchev–Trinajstić information content (AvgIpc) is 3.25. The second kappa shape index (κ2) is 6.64. The molecule has 0 aliphatic rings. The molecule has 2 aromatic carbocycles. The van der Waals surface area contributed by atoms with Crippen molar-refractivity contribution < 1.29 is 4.52 Å². The van der Waals surface area contributed by atoms with Gasteiger partial charge in [-0.05, 0) is 37.1 Å². The number of hydrogen-bond acceptors (Lipinski definition) is 6. The lowest BCUT2D eigenvalue weighted by Gasteiger charge is -2.02. The summed E-state index contributed by atoms with van der Waals surface area (Å²) in [7, 11) is 0. The van der Waals surface area contributed by atoms with E-state index in [1.165, 1.54) is 10.3 Å². The first-order valence-corrected chi connectivity index (χ1v) is 9.06. The van der Waals surface area contributed by atoms with Crippen LogP contribution in [0.25, 0.3) is 21.6 Å². The summed E-state index contributed by atoms with van der Waals surface area (Å²) < 4.78 is 6.53. The summed E-state index contributed by atoms with van der Waals surface area (Å²) in [5.41, 5.74) is 4.31. The molecule has 4 rings (SSSR count). The Morgan fingerprint density at radius 3 is 2.72 bits per heavy atom. The molecule has 126 valence electrons. The summed E-state index contributed by atoms with van der Waals surface area (Å²) in [6.07, 6.45) is 1.02. The summed E-state index contributed by atoms with van der Waals surface area (Å²) >= 11 is 1.69. The molecule has 4 aromatic rings. The molecule has 0 radical (unpaired) electrons. The van der Waals surface area contributed by atoms with Gasteiger partial charge in [0.2, 0.25) is 11.7 Å². The SMILES string of the molecule is CCc1ccc(-c2noc(CNc3ccc4nc(C)sc4c3)n2)cc1. The van der Waals surface area contributed by atoms with Crippen LogP contribution in [0.3, 0.4) is 0 Å². The van der Waals surface area contributed by atoms with Crippen LogP contribution in [0, 0.1) is 6.92 Å². The number of nitrogens with one attached hydrogen (secondary N) is 1. The number of aromatic nitrogens is 3. The van der Waals surface area contributed by atoms with Gasteiger partial charge in [-0.15, -0.1) is 11.3 Å². The standard InChI is InChI=1S/C19H18N4OS/c1-3-13-4-6-14(7-5-13)19-22-18(24-23-19)11-20-15-8-9-16-17(10-15)25-12(2)21-16/h4-10,20H,3,11H2,1-2H3. The number of thiazole rings is 1. The molecule has 0 atom stereocenters. The van der Waals surface area contributed by atoms with Crippen LogP contribution >= 0.6 is 11.3 Å². The Morgan fingerprint density at radius 2 is 1.92 bits per heavy atom. The van der Waals surface area contributed by atoms with E-state index in [0.29, 0.717) is 18.3 Å². The lowest BCUT2D eigenvalue weighted by atomic mass is 10.1. The van der Waals surface area contributed by atoms with Gasteiger partial charge < -0.3 is 9.84 Å². The molecular formula is C19H18N4OS. The Bertz CT molecular complexity index is 1000. The van der Waals surface area contributed by atoms with Crippen LogP contribution in [0.15, 0.2) is 47.0 Å². The fraction of sp³-hybridized carbons (Fsp3) is 0.211. The molecule has 25 heavy (non-hydrogen) atoms. The first-order valence-electron chi connectivity index (χ1n) is 8.24. The number of anilines is 1. The van der Waals surface area contributed by atoms with Crippen LogP contribution in [-0.4, -0.2) is 15.1 Å². The van der Waals surface area contributed by atoms with Crippen LogP contribution in [0.5, 0.6) is 0 Å². The molecule has 0 aliphatic heterocycles. The molecular weight excluding hydrogens is 332 g/mol. The van der Waals surface area contributed by atoms with E-state index < -0.39 is 0 Å². The summed E-state index contributed by atoms with van der Waals surface area (Å²) in [4.78, 5) is 8.94. The van der Waals surface area contributed by atoms with Crippen LogP contribution in [0.4, 0.5) is 5.69 Å². The van der Waals surface area contributed by atoms with Gasteiger partial charge in [-0.25, -0.2) is 4.98 Å². The van der Waals surface area contributed by atoms with Gasteiger partial charge in [0.25, 0.3) is 0 Å². The van der Waals surface area contributed by atoms with Gasteiger partial charge in [0.1, 0.15) is 0 Å². The molecule has 0 saturated heterocycles. The molecule has 0 fully saturated rings.